The summed E-state index contributed by atoms with van der Waals surface area (Å²) < 4.78 is 0. The first-order chi connectivity index (χ1) is 10.7. The molecular formula is C17H29N3O2. The van der Waals surface area contributed by atoms with Crippen molar-refractivity contribution in [3.05, 3.63) is 18.5 Å². The summed E-state index contributed by atoms with van der Waals surface area (Å²) in [6, 6.07) is 1.71. The maximum Gasteiger partial charge on any atom is 0.247 e. The molecule has 1 aromatic heterocycles. The Morgan fingerprint density at radius 1 is 1.00 bits per heavy atom. The fourth-order valence-electron chi connectivity index (χ4n) is 2.40. The van der Waals surface area contributed by atoms with E-state index in [4.69, 9.17) is 0 Å². The molecule has 1 amide bonds. The van der Waals surface area contributed by atoms with Gasteiger partial charge in [0.15, 0.2) is 0 Å². The molecule has 0 aliphatic heterocycles. The number of carbonyl (C=O) groups excluding carboxylic acids is 2. The normalized spacial score (nSPS) is 10.6. The van der Waals surface area contributed by atoms with Gasteiger partial charge in [-0.25, -0.2) is 5.43 Å². The van der Waals surface area contributed by atoms with Crippen molar-refractivity contribution in [2.45, 2.75) is 77.6 Å². The number of carbonyl (C=O) groups is 2. The highest BCUT2D eigenvalue weighted by Gasteiger charge is 2.09. The Morgan fingerprint density at radius 3 is 2.23 bits per heavy atom. The van der Waals surface area contributed by atoms with E-state index >= 15 is 0 Å². The number of hydrogen-bond acceptors (Lipinski definition) is 3. The molecule has 1 heterocycles. The molecule has 1 N–H and O–H groups in total. The second kappa shape index (κ2) is 12.0. The molecule has 0 radical (unpaired) electrons. The van der Waals surface area contributed by atoms with Crippen LogP contribution in [-0.4, -0.2) is 21.6 Å². The minimum Gasteiger partial charge on any atom is -0.299 e. The van der Waals surface area contributed by atoms with Gasteiger partial charge < -0.3 is 0 Å². The monoisotopic (exact) mass is 307 g/mol. The highest BCUT2D eigenvalue weighted by molar-refractivity contribution is 6.01. The smallest absolute Gasteiger partial charge is 0.247 e. The van der Waals surface area contributed by atoms with Crippen LogP contribution in [0.1, 0.15) is 77.6 Å². The summed E-state index contributed by atoms with van der Waals surface area (Å²) in [6.45, 7) is 2.23. The molecule has 22 heavy (non-hydrogen) atoms. The summed E-state index contributed by atoms with van der Waals surface area (Å²) in [5.74, 6) is -0.294. The van der Waals surface area contributed by atoms with Crippen LogP contribution in [-0.2, 0) is 9.59 Å². The Hall–Kier alpha value is -1.65. The van der Waals surface area contributed by atoms with Crippen LogP contribution in [0.3, 0.4) is 0 Å². The fraction of sp³-hybridized carbons (Fsp3) is 0.706. The summed E-state index contributed by atoms with van der Waals surface area (Å²) in [6.07, 6.45) is 14.7. The van der Waals surface area contributed by atoms with Crippen molar-refractivity contribution in [2.75, 3.05) is 5.43 Å². The van der Waals surface area contributed by atoms with Crippen molar-refractivity contribution in [3.8, 4) is 0 Å². The lowest BCUT2D eigenvalue weighted by Gasteiger charge is -2.04. The third kappa shape index (κ3) is 9.32. The summed E-state index contributed by atoms with van der Waals surface area (Å²) >= 11 is 0. The Bertz CT molecular complexity index is 416. The number of nitrogens with zero attached hydrogens (tertiary/aromatic N) is 2. The molecule has 0 bridgehead atoms. The molecule has 5 nitrogen and oxygen atoms in total. The van der Waals surface area contributed by atoms with Crippen LogP contribution in [0.5, 0.6) is 0 Å². The number of amides is 1. The number of Topliss-reactive ketones (excluding diaryl/α,β-unsaturated/α-hetero) is 1. The minimum atomic E-state index is -0.301. The third-order valence-corrected chi connectivity index (χ3v) is 3.66. The first kappa shape index (κ1) is 18.4. The zero-order chi connectivity index (χ0) is 16.0. The van der Waals surface area contributed by atoms with Crippen LogP contribution in [0, 0.1) is 0 Å². The Kier molecular flexibility index (Phi) is 9.99. The van der Waals surface area contributed by atoms with E-state index in [1.165, 1.54) is 49.7 Å². The lowest BCUT2D eigenvalue weighted by atomic mass is 10.0. The summed E-state index contributed by atoms with van der Waals surface area (Å²) in [5, 5.41) is 3.86. The average Bonchev–Trinajstić information content (AvgIpc) is 2.98. The molecule has 0 aliphatic carbocycles. The number of nitrogens with one attached hydrogen (secondary N) is 1. The molecule has 0 atom stereocenters. The molecule has 0 aliphatic rings. The summed E-state index contributed by atoms with van der Waals surface area (Å²) in [7, 11) is 0. The van der Waals surface area contributed by atoms with E-state index in [0.717, 1.165) is 12.8 Å². The van der Waals surface area contributed by atoms with Gasteiger partial charge in [-0.2, -0.15) is 9.89 Å². The van der Waals surface area contributed by atoms with Crippen molar-refractivity contribution in [2.24, 2.45) is 0 Å². The number of unbranched alkanes of at least 4 members (excludes halogenated alkanes) is 8. The first-order valence-electron chi connectivity index (χ1n) is 8.53. The maximum absolute atomic E-state index is 11.7. The quantitative estimate of drug-likeness (QED) is 0.445. The first-order valence-corrected chi connectivity index (χ1v) is 8.53. The van der Waals surface area contributed by atoms with Crippen LogP contribution in [0.15, 0.2) is 18.5 Å². The number of rotatable bonds is 13. The van der Waals surface area contributed by atoms with E-state index in [9.17, 15) is 9.59 Å². The lowest BCUT2D eigenvalue weighted by molar-refractivity contribution is -0.126. The minimum absolute atomic E-state index is 0.00704. The zero-order valence-corrected chi connectivity index (χ0v) is 13.7. The Labute approximate surface area is 133 Å². The van der Waals surface area contributed by atoms with Crippen molar-refractivity contribution >= 4 is 11.7 Å². The van der Waals surface area contributed by atoms with E-state index in [1.54, 1.807) is 18.5 Å². The van der Waals surface area contributed by atoms with Gasteiger partial charge in [0, 0.05) is 12.6 Å². The van der Waals surface area contributed by atoms with E-state index in [0.29, 0.717) is 6.42 Å². The molecule has 124 valence electrons. The third-order valence-electron chi connectivity index (χ3n) is 3.66. The lowest BCUT2D eigenvalue weighted by Crippen LogP contribution is -2.25. The van der Waals surface area contributed by atoms with E-state index in [-0.39, 0.29) is 18.1 Å². The van der Waals surface area contributed by atoms with Gasteiger partial charge in [-0.15, -0.1) is 0 Å². The van der Waals surface area contributed by atoms with Crippen molar-refractivity contribution in [1.29, 1.82) is 0 Å². The second-order valence-corrected chi connectivity index (χ2v) is 5.78. The van der Waals surface area contributed by atoms with Gasteiger partial charge in [0.05, 0.1) is 12.6 Å². The predicted octanol–water partition coefficient (Wildman–Crippen LogP) is 3.83. The maximum atomic E-state index is 11.7. The SMILES string of the molecule is CCCCCCCCCCCC(=O)CC(=O)Nn1cccn1. The summed E-state index contributed by atoms with van der Waals surface area (Å²) in [4.78, 5) is 24.6. The molecule has 0 unspecified atom stereocenters. The number of ketones is 1. The van der Waals surface area contributed by atoms with Crippen molar-refractivity contribution in [1.82, 2.24) is 9.89 Å². The standard InChI is InChI=1S/C17H29N3O2/c1-2-3-4-5-6-7-8-9-10-12-16(21)15-17(22)19-20-14-11-13-18-20/h11,13-14H,2-10,12,15H2,1H3,(H,19,22). The van der Waals surface area contributed by atoms with E-state index in [2.05, 4.69) is 17.4 Å². The average molecular weight is 307 g/mol. The van der Waals surface area contributed by atoms with E-state index in [1.807, 2.05) is 0 Å². The zero-order valence-electron chi connectivity index (χ0n) is 13.7. The molecule has 0 fully saturated rings. The van der Waals surface area contributed by atoms with Crippen molar-refractivity contribution in [3.63, 3.8) is 0 Å². The largest absolute Gasteiger partial charge is 0.299 e. The highest BCUT2D eigenvalue weighted by Crippen LogP contribution is 2.11. The van der Waals surface area contributed by atoms with E-state index < -0.39 is 0 Å². The van der Waals surface area contributed by atoms with Gasteiger partial charge >= 0.3 is 0 Å². The Morgan fingerprint density at radius 2 is 1.64 bits per heavy atom. The number of aromatic nitrogens is 2. The van der Waals surface area contributed by atoms with Gasteiger partial charge in [0.1, 0.15) is 5.78 Å². The van der Waals surface area contributed by atoms with Gasteiger partial charge in [-0.05, 0) is 12.5 Å². The Balaban J connectivity index is 1.94. The predicted molar refractivity (Wildman–Crippen MR) is 88.1 cm³/mol. The summed E-state index contributed by atoms with van der Waals surface area (Å²) in [5.41, 5.74) is 2.53. The van der Waals surface area contributed by atoms with Gasteiger partial charge in [-0.3, -0.25) is 9.59 Å². The fourth-order valence-corrected chi connectivity index (χ4v) is 2.40. The van der Waals surface area contributed by atoms with Crippen LogP contribution in [0.25, 0.3) is 0 Å². The van der Waals surface area contributed by atoms with Crippen LogP contribution in [0.4, 0.5) is 0 Å². The molecule has 1 rings (SSSR count). The topological polar surface area (TPSA) is 64.0 Å². The van der Waals surface area contributed by atoms with Crippen molar-refractivity contribution < 1.29 is 9.59 Å². The second-order valence-electron chi connectivity index (χ2n) is 5.78. The van der Waals surface area contributed by atoms with Crippen LogP contribution < -0.4 is 5.43 Å². The van der Waals surface area contributed by atoms with Gasteiger partial charge in [0.25, 0.3) is 0 Å². The molecule has 0 aromatic carbocycles. The molecule has 1 aromatic rings. The molecule has 0 saturated heterocycles. The molecule has 5 heteroatoms. The molecule has 0 spiro atoms. The highest BCUT2D eigenvalue weighted by atomic mass is 16.2. The van der Waals surface area contributed by atoms with Gasteiger partial charge in [-0.1, -0.05) is 58.3 Å². The molecular weight excluding hydrogens is 278 g/mol. The van der Waals surface area contributed by atoms with Crippen LogP contribution in [0.2, 0.25) is 0 Å². The van der Waals surface area contributed by atoms with Crippen LogP contribution >= 0.6 is 0 Å². The number of hydrogen-bond donors (Lipinski definition) is 1. The molecule has 0 saturated carbocycles. The van der Waals surface area contributed by atoms with Gasteiger partial charge in [0.2, 0.25) is 5.91 Å².